The summed E-state index contributed by atoms with van der Waals surface area (Å²) in [6.45, 7) is 5.13. The van der Waals surface area contributed by atoms with E-state index in [2.05, 4.69) is 33.5 Å². The van der Waals surface area contributed by atoms with Crippen molar-refractivity contribution in [1.29, 1.82) is 0 Å². The van der Waals surface area contributed by atoms with Gasteiger partial charge >= 0.3 is 0 Å². The second kappa shape index (κ2) is 11.4. The van der Waals surface area contributed by atoms with E-state index in [1.165, 1.54) is 25.7 Å². The molecule has 28 heavy (non-hydrogen) atoms. The van der Waals surface area contributed by atoms with Gasteiger partial charge in [0.15, 0.2) is 5.96 Å². The fourth-order valence-electron chi connectivity index (χ4n) is 3.96. The lowest BCUT2D eigenvalue weighted by Gasteiger charge is -2.32. The molecule has 0 unspecified atom stereocenters. The van der Waals surface area contributed by atoms with E-state index in [9.17, 15) is 4.79 Å². The van der Waals surface area contributed by atoms with Gasteiger partial charge in [-0.3, -0.25) is 4.79 Å². The van der Waals surface area contributed by atoms with Crippen molar-refractivity contribution in [2.75, 3.05) is 24.5 Å². The van der Waals surface area contributed by atoms with E-state index in [1.807, 2.05) is 12.3 Å². The molecule has 0 atom stereocenters. The van der Waals surface area contributed by atoms with E-state index in [1.54, 1.807) is 0 Å². The summed E-state index contributed by atoms with van der Waals surface area (Å²) in [5.41, 5.74) is 6.56. The highest BCUT2D eigenvalue weighted by Gasteiger charge is 2.25. The van der Waals surface area contributed by atoms with Gasteiger partial charge in [-0.1, -0.05) is 18.9 Å². The predicted octanol–water partition coefficient (Wildman–Crippen LogP) is 2.40. The first kappa shape index (κ1) is 22.7. The zero-order valence-electron chi connectivity index (χ0n) is 16.7. The maximum absolute atomic E-state index is 11.4. The molecule has 1 aromatic heterocycles. The highest BCUT2D eigenvalue weighted by molar-refractivity contribution is 14.0. The molecule has 2 fully saturated rings. The smallest absolute Gasteiger partial charge is 0.220 e. The number of anilines is 1. The second-order valence-corrected chi connectivity index (χ2v) is 7.47. The molecule has 1 aliphatic carbocycles. The highest BCUT2D eigenvalue weighted by atomic mass is 127. The number of pyridine rings is 1. The summed E-state index contributed by atoms with van der Waals surface area (Å²) >= 11 is 0. The molecule has 1 aromatic rings. The van der Waals surface area contributed by atoms with Crippen LogP contribution in [0.4, 0.5) is 5.82 Å². The molecule has 156 valence electrons. The van der Waals surface area contributed by atoms with Crippen molar-refractivity contribution in [3.63, 3.8) is 0 Å². The Labute approximate surface area is 185 Å². The van der Waals surface area contributed by atoms with Gasteiger partial charge in [0, 0.05) is 43.4 Å². The normalized spacial score (nSPS) is 18.6. The summed E-state index contributed by atoms with van der Waals surface area (Å²) in [5, 5.41) is 6.91. The number of guanidine groups is 1. The van der Waals surface area contributed by atoms with E-state index in [0.717, 1.165) is 49.8 Å². The Morgan fingerprint density at radius 3 is 2.64 bits per heavy atom. The third-order valence-electron chi connectivity index (χ3n) is 5.51. The number of hydrogen-bond acceptors (Lipinski definition) is 4. The molecule has 1 saturated heterocycles. The second-order valence-electron chi connectivity index (χ2n) is 7.47. The Hall–Kier alpha value is -1.58. The Morgan fingerprint density at radius 2 is 2.00 bits per heavy atom. The first-order chi connectivity index (χ1) is 13.2. The number of aliphatic imine (C=N–C) groups is 1. The number of primary amides is 1. The molecular formula is C20H33IN6O. The number of halogens is 1. The summed E-state index contributed by atoms with van der Waals surface area (Å²) in [4.78, 5) is 23.1. The predicted molar refractivity (Wildman–Crippen MR) is 124 cm³/mol. The zero-order valence-corrected chi connectivity index (χ0v) is 19.0. The topological polar surface area (TPSA) is 95.6 Å². The number of nitrogens with zero attached hydrogens (tertiary/aromatic N) is 3. The number of carbonyl (C=O) groups excluding carboxylic acids is 1. The minimum atomic E-state index is -0.186. The van der Waals surface area contributed by atoms with Gasteiger partial charge in [-0.05, 0) is 38.7 Å². The number of aromatic nitrogens is 1. The lowest BCUT2D eigenvalue weighted by atomic mass is 9.96. The van der Waals surface area contributed by atoms with Gasteiger partial charge in [0.1, 0.15) is 5.82 Å². The average molecular weight is 500 g/mol. The zero-order chi connectivity index (χ0) is 19.1. The van der Waals surface area contributed by atoms with Crippen LogP contribution in [0.15, 0.2) is 23.3 Å². The van der Waals surface area contributed by atoms with Gasteiger partial charge < -0.3 is 21.3 Å². The molecule has 0 bridgehead atoms. The maximum atomic E-state index is 11.4. The Bertz CT molecular complexity index is 654. The van der Waals surface area contributed by atoms with Crippen molar-refractivity contribution in [3.8, 4) is 0 Å². The molecule has 3 rings (SSSR count). The number of amides is 1. The summed E-state index contributed by atoms with van der Waals surface area (Å²) < 4.78 is 0. The minimum Gasteiger partial charge on any atom is -0.369 e. The molecule has 2 heterocycles. The number of piperidine rings is 1. The van der Waals surface area contributed by atoms with Gasteiger partial charge in [-0.15, -0.1) is 24.0 Å². The number of carbonyl (C=O) groups is 1. The molecule has 0 spiro atoms. The summed E-state index contributed by atoms with van der Waals surface area (Å²) in [5.74, 6) is 1.66. The van der Waals surface area contributed by atoms with E-state index >= 15 is 0 Å². The van der Waals surface area contributed by atoms with Crippen molar-refractivity contribution in [2.24, 2.45) is 16.6 Å². The molecule has 8 heteroatoms. The Morgan fingerprint density at radius 1 is 1.29 bits per heavy atom. The molecule has 4 N–H and O–H groups in total. The van der Waals surface area contributed by atoms with E-state index in [4.69, 9.17) is 10.7 Å². The van der Waals surface area contributed by atoms with Crippen molar-refractivity contribution in [3.05, 3.63) is 23.9 Å². The fourth-order valence-corrected chi connectivity index (χ4v) is 3.96. The maximum Gasteiger partial charge on any atom is 0.220 e. The minimum absolute atomic E-state index is 0. The number of rotatable bonds is 6. The number of nitrogens with two attached hydrogens (primary N) is 1. The molecule has 1 aliphatic heterocycles. The molecule has 0 radical (unpaired) electrons. The van der Waals surface area contributed by atoms with Gasteiger partial charge in [0.05, 0.1) is 6.54 Å². The van der Waals surface area contributed by atoms with Crippen LogP contribution in [0.25, 0.3) is 0 Å². The van der Waals surface area contributed by atoms with Crippen LogP contribution in [-0.2, 0) is 11.3 Å². The van der Waals surface area contributed by atoms with E-state index in [-0.39, 0.29) is 35.8 Å². The first-order valence-corrected chi connectivity index (χ1v) is 10.2. The summed E-state index contributed by atoms with van der Waals surface area (Å²) in [7, 11) is 0. The Balaban J connectivity index is 0.00000280. The van der Waals surface area contributed by atoms with Crippen LogP contribution in [0.1, 0.15) is 51.0 Å². The number of nitrogens with one attached hydrogen (secondary N) is 2. The molecule has 2 aliphatic rings. The van der Waals surface area contributed by atoms with Crippen LogP contribution in [0, 0.1) is 5.92 Å². The lowest BCUT2D eigenvalue weighted by Crippen LogP contribution is -2.42. The van der Waals surface area contributed by atoms with Gasteiger partial charge in [0.25, 0.3) is 0 Å². The van der Waals surface area contributed by atoms with E-state index < -0.39 is 0 Å². The van der Waals surface area contributed by atoms with Crippen molar-refractivity contribution in [1.82, 2.24) is 15.6 Å². The highest BCUT2D eigenvalue weighted by Crippen LogP contribution is 2.25. The van der Waals surface area contributed by atoms with Crippen LogP contribution in [-0.4, -0.2) is 42.5 Å². The molecule has 1 saturated carbocycles. The fraction of sp³-hybridized carbons (Fsp3) is 0.650. The molecule has 1 amide bonds. The monoisotopic (exact) mass is 500 g/mol. The van der Waals surface area contributed by atoms with Crippen molar-refractivity contribution in [2.45, 2.75) is 58.0 Å². The summed E-state index contributed by atoms with van der Waals surface area (Å²) in [6, 6.07) is 4.58. The SMILES string of the molecule is CCNC(=NCc1cccnc1N1CCC(C(N)=O)CC1)NC1CCCC1.I. The van der Waals surface area contributed by atoms with Crippen molar-refractivity contribution < 1.29 is 4.79 Å². The number of hydrogen-bond donors (Lipinski definition) is 3. The van der Waals surface area contributed by atoms with Gasteiger partial charge in [-0.2, -0.15) is 0 Å². The first-order valence-electron chi connectivity index (χ1n) is 10.2. The largest absolute Gasteiger partial charge is 0.369 e. The van der Waals surface area contributed by atoms with Crippen LogP contribution < -0.4 is 21.3 Å². The average Bonchev–Trinajstić information content (AvgIpc) is 3.20. The van der Waals surface area contributed by atoms with Gasteiger partial charge in [-0.25, -0.2) is 9.98 Å². The van der Waals surface area contributed by atoms with Gasteiger partial charge in [0.2, 0.25) is 5.91 Å². The quantitative estimate of drug-likeness (QED) is 0.317. The molecular weight excluding hydrogens is 467 g/mol. The lowest BCUT2D eigenvalue weighted by molar-refractivity contribution is -0.122. The standard InChI is InChI=1S/C20H32N6O.HI/c1-2-22-20(25-17-7-3-4-8-17)24-14-16-6-5-11-23-19(16)26-12-9-15(10-13-26)18(21)27;/h5-6,11,15,17H,2-4,7-10,12-14H2,1H3,(H2,21,27)(H2,22,24,25);1H. The van der Waals surface area contributed by atoms with Crippen molar-refractivity contribution >= 4 is 41.7 Å². The van der Waals surface area contributed by atoms with Crippen LogP contribution >= 0.6 is 24.0 Å². The summed E-state index contributed by atoms with van der Waals surface area (Å²) in [6.07, 6.45) is 8.44. The van der Waals surface area contributed by atoms with Crippen LogP contribution in [0.2, 0.25) is 0 Å². The van der Waals surface area contributed by atoms with E-state index in [0.29, 0.717) is 12.6 Å². The third-order valence-corrected chi connectivity index (χ3v) is 5.51. The van der Waals surface area contributed by atoms with Crippen LogP contribution in [0.3, 0.4) is 0 Å². The van der Waals surface area contributed by atoms with Crippen LogP contribution in [0.5, 0.6) is 0 Å². The molecule has 7 nitrogen and oxygen atoms in total. The molecule has 0 aromatic carbocycles. The third kappa shape index (κ3) is 6.22. The Kier molecular flexibility index (Phi) is 9.27.